The molecule has 1 saturated heterocycles. The first-order valence-electron chi connectivity index (χ1n) is 7.61. The van der Waals surface area contributed by atoms with Gasteiger partial charge in [-0.25, -0.2) is 4.68 Å². The number of carbonyl (C=O) groups is 1. The number of rotatable bonds is 3. The van der Waals surface area contributed by atoms with E-state index in [2.05, 4.69) is 16.9 Å². The number of nitrogens with two attached hydrogens (primary N) is 1. The van der Waals surface area contributed by atoms with E-state index in [-0.39, 0.29) is 5.91 Å². The molecule has 0 radical (unpaired) electrons. The standard InChI is InChI=1S/C16H21N5O/c1-2-19-8-10-20(11-9-19)16(22)14-12-15(17)21(18-14)13-6-4-3-5-7-13/h3-7,12H,2,8-11,17H2,1H3. The maximum atomic E-state index is 12.6. The first-order chi connectivity index (χ1) is 10.7. The zero-order chi connectivity index (χ0) is 15.5. The highest BCUT2D eigenvalue weighted by atomic mass is 16.2. The van der Waals surface area contributed by atoms with Crippen LogP contribution in [0.3, 0.4) is 0 Å². The fourth-order valence-corrected chi connectivity index (χ4v) is 2.71. The van der Waals surface area contributed by atoms with Gasteiger partial charge in [0.05, 0.1) is 5.69 Å². The average Bonchev–Trinajstić information content (AvgIpc) is 2.97. The van der Waals surface area contributed by atoms with Gasteiger partial charge in [0.2, 0.25) is 0 Å². The molecular weight excluding hydrogens is 278 g/mol. The summed E-state index contributed by atoms with van der Waals surface area (Å²) in [5.41, 5.74) is 7.27. The van der Waals surface area contributed by atoms with Gasteiger partial charge in [-0.3, -0.25) is 4.79 Å². The molecule has 0 atom stereocenters. The Balaban J connectivity index is 1.77. The van der Waals surface area contributed by atoms with E-state index >= 15 is 0 Å². The fraction of sp³-hybridized carbons (Fsp3) is 0.375. The number of nitrogen functional groups attached to an aromatic ring is 1. The second kappa shape index (κ2) is 6.19. The summed E-state index contributed by atoms with van der Waals surface area (Å²) < 4.78 is 1.61. The number of para-hydroxylation sites is 1. The van der Waals surface area contributed by atoms with Crippen molar-refractivity contribution >= 4 is 11.7 Å². The predicted molar refractivity (Wildman–Crippen MR) is 86.0 cm³/mol. The van der Waals surface area contributed by atoms with Crippen LogP contribution in [0.4, 0.5) is 5.82 Å². The molecule has 1 aromatic carbocycles. The van der Waals surface area contributed by atoms with E-state index in [9.17, 15) is 4.79 Å². The molecule has 0 bridgehead atoms. The number of likely N-dealkylation sites (N-methyl/N-ethyl adjacent to an activating group) is 1. The van der Waals surface area contributed by atoms with Gasteiger partial charge in [0.15, 0.2) is 5.69 Å². The molecule has 0 spiro atoms. The van der Waals surface area contributed by atoms with Gasteiger partial charge in [-0.1, -0.05) is 25.1 Å². The van der Waals surface area contributed by atoms with Crippen LogP contribution in [-0.4, -0.2) is 58.2 Å². The Bertz CT molecular complexity index is 644. The summed E-state index contributed by atoms with van der Waals surface area (Å²) in [4.78, 5) is 16.8. The summed E-state index contributed by atoms with van der Waals surface area (Å²) in [7, 11) is 0. The zero-order valence-corrected chi connectivity index (χ0v) is 12.8. The normalized spacial score (nSPS) is 16.0. The van der Waals surface area contributed by atoms with Gasteiger partial charge >= 0.3 is 0 Å². The van der Waals surface area contributed by atoms with Crippen molar-refractivity contribution in [2.24, 2.45) is 0 Å². The predicted octanol–water partition coefficient (Wildman–Crippen LogP) is 1.23. The molecule has 1 amide bonds. The topological polar surface area (TPSA) is 67.4 Å². The summed E-state index contributed by atoms with van der Waals surface area (Å²) in [6.07, 6.45) is 0. The number of hydrogen-bond donors (Lipinski definition) is 1. The summed E-state index contributed by atoms with van der Waals surface area (Å²) in [6.45, 7) is 6.47. The van der Waals surface area contributed by atoms with Crippen molar-refractivity contribution in [1.82, 2.24) is 19.6 Å². The van der Waals surface area contributed by atoms with Crippen molar-refractivity contribution < 1.29 is 4.79 Å². The van der Waals surface area contributed by atoms with Crippen LogP contribution in [0, 0.1) is 0 Å². The molecule has 6 heteroatoms. The summed E-state index contributed by atoms with van der Waals surface area (Å²) in [6, 6.07) is 11.3. The van der Waals surface area contributed by atoms with Crippen LogP contribution in [-0.2, 0) is 0 Å². The highest BCUT2D eigenvalue weighted by molar-refractivity contribution is 5.93. The second-order valence-electron chi connectivity index (χ2n) is 5.43. The molecule has 2 aromatic rings. The minimum atomic E-state index is -0.0443. The average molecular weight is 299 g/mol. The Morgan fingerprint density at radius 2 is 1.86 bits per heavy atom. The number of amides is 1. The van der Waals surface area contributed by atoms with Crippen molar-refractivity contribution in [3.8, 4) is 5.69 Å². The number of benzene rings is 1. The SMILES string of the molecule is CCN1CCN(C(=O)c2cc(N)n(-c3ccccc3)n2)CC1. The Morgan fingerprint density at radius 1 is 1.18 bits per heavy atom. The van der Waals surface area contributed by atoms with Crippen LogP contribution in [0.15, 0.2) is 36.4 Å². The fourth-order valence-electron chi connectivity index (χ4n) is 2.71. The molecule has 0 unspecified atom stereocenters. The zero-order valence-electron chi connectivity index (χ0n) is 12.8. The highest BCUT2D eigenvalue weighted by Crippen LogP contribution is 2.16. The number of anilines is 1. The molecule has 0 saturated carbocycles. The molecule has 6 nitrogen and oxygen atoms in total. The molecule has 1 aliphatic rings. The smallest absolute Gasteiger partial charge is 0.274 e. The molecule has 1 aliphatic heterocycles. The Labute approximate surface area is 130 Å². The molecule has 1 fully saturated rings. The first kappa shape index (κ1) is 14.6. The Morgan fingerprint density at radius 3 is 2.50 bits per heavy atom. The van der Waals surface area contributed by atoms with Gasteiger partial charge in [-0.15, -0.1) is 0 Å². The molecule has 2 N–H and O–H groups in total. The van der Waals surface area contributed by atoms with Crippen molar-refractivity contribution in [3.05, 3.63) is 42.1 Å². The van der Waals surface area contributed by atoms with Crippen LogP contribution >= 0.6 is 0 Å². The molecular formula is C16H21N5O. The molecule has 1 aromatic heterocycles. The van der Waals surface area contributed by atoms with Crippen LogP contribution in [0.1, 0.15) is 17.4 Å². The van der Waals surface area contributed by atoms with Crippen LogP contribution in [0.25, 0.3) is 5.69 Å². The number of piperazine rings is 1. The van der Waals surface area contributed by atoms with E-state index in [0.29, 0.717) is 11.5 Å². The molecule has 3 rings (SSSR count). The Kier molecular flexibility index (Phi) is 4.11. The first-order valence-corrected chi connectivity index (χ1v) is 7.61. The minimum absolute atomic E-state index is 0.0443. The van der Waals surface area contributed by atoms with Crippen molar-refractivity contribution in [3.63, 3.8) is 0 Å². The summed E-state index contributed by atoms with van der Waals surface area (Å²) in [5.74, 6) is 0.430. The third-order valence-electron chi connectivity index (χ3n) is 4.06. The molecule has 22 heavy (non-hydrogen) atoms. The maximum absolute atomic E-state index is 12.6. The van der Waals surface area contributed by atoms with E-state index in [0.717, 1.165) is 38.4 Å². The third kappa shape index (κ3) is 2.82. The monoisotopic (exact) mass is 299 g/mol. The van der Waals surface area contributed by atoms with E-state index in [1.165, 1.54) is 0 Å². The van der Waals surface area contributed by atoms with Crippen molar-refractivity contribution in [1.29, 1.82) is 0 Å². The van der Waals surface area contributed by atoms with E-state index in [1.807, 2.05) is 35.2 Å². The highest BCUT2D eigenvalue weighted by Gasteiger charge is 2.24. The molecule has 2 heterocycles. The summed E-state index contributed by atoms with van der Waals surface area (Å²) >= 11 is 0. The number of carbonyl (C=O) groups excluding carboxylic acids is 1. The third-order valence-corrected chi connectivity index (χ3v) is 4.06. The second-order valence-corrected chi connectivity index (χ2v) is 5.43. The van der Waals surface area contributed by atoms with Crippen molar-refractivity contribution in [2.75, 3.05) is 38.5 Å². The van der Waals surface area contributed by atoms with Gasteiger partial charge in [0.1, 0.15) is 5.82 Å². The molecule has 116 valence electrons. The number of aromatic nitrogens is 2. The lowest BCUT2D eigenvalue weighted by Gasteiger charge is -2.33. The van der Waals surface area contributed by atoms with Gasteiger partial charge in [-0.2, -0.15) is 5.10 Å². The summed E-state index contributed by atoms with van der Waals surface area (Å²) in [5, 5.41) is 4.38. The van der Waals surface area contributed by atoms with Gasteiger partial charge in [0, 0.05) is 32.2 Å². The quantitative estimate of drug-likeness (QED) is 0.925. The number of nitrogens with zero attached hydrogens (tertiary/aromatic N) is 4. The van der Waals surface area contributed by atoms with E-state index in [1.54, 1.807) is 10.7 Å². The lowest BCUT2D eigenvalue weighted by atomic mass is 10.3. The number of hydrogen-bond acceptors (Lipinski definition) is 4. The van der Waals surface area contributed by atoms with Gasteiger partial charge in [-0.05, 0) is 18.7 Å². The lowest BCUT2D eigenvalue weighted by Crippen LogP contribution is -2.48. The van der Waals surface area contributed by atoms with E-state index < -0.39 is 0 Å². The Hall–Kier alpha value is -2.34. The largest absolute Gasteiger partial charge is 0.384 e. The van der Waals surface area contributed by atoms with E-state index in [4.69, 9.17) is 5.73 Å². The lowest BCUT2D eigenvalue weighted by molar-refractivity contribution is 0.0637. The van der Waals surface area contributed by atoms with Crippen LogP contribution in [0.2, 0.25) is 0 Å². The van der Waals surface area contributed by atoms with Crippen LogP contribution in [0.5, 0.6) is 0 Å². The van der Waals surface area contributed by atoms with Crippen LogP contribution < -0.4 is 5.73 Å². The molecule has 0 aliphatic carbocycles. The van der Waals surface area contributed by atoms with Crippen molar-refractivity contribution in [2.45, 2.75) is 6.92 Å². The van der Waals surface area contributed by atoms with Gasteiger partial charge in [0.25, 0.3) is 5.91 Å². The van der Waals surface area contributed by atoms with Gasteiger partial charge < -0.3 is 15.5 Å². The minimum Gasteiger partial charge on any atom is -0.384 e. The maximum Gasteiger partial charge on any atom is 0.274 e.